The van der Waals surface area contributed by atoms with Gasteiger partial charge in [0.2, 0.25) is 0 Å². The molecular formula is C12H14O3. The molecule has 0 atom stereocenters. The number of hydrogen-bond acceptors (Lipinski definition) is 2. The maximum atomic E-state index is 10.2. The van der Waals surface area contributed by atoms with E-state index >= 15 is 0 Å². The monoisotopic (exact) mass is 206 g/mol. The second-order valence-corrected chi connectivity index (χ2v) is 3.14. The highest BCUT2D eigenvalue weighted by molar-refractivity contribution is 5.85. The third kappa shape index (κ3) is 5.65. The number of epoxide rings is 1. The first kappa shape index (κ1) is 11.5. The minimum atomic E-state index is -0.918. The molecule has 80 valence electrons. The molecule has 0 aliphatic carbocycles. The van der Waals surface area contributed by atoms with Gasteiger partial charge in [-0.2, -0.15) is 0 Å². The average Bonchev–Trinajstić information content (AvgIpc) is 3.03. The lowest BCUT2D eigenvalue weighted by molar-refractivity contribution is -0.131. The molecule has 0 aromatic heterocycles. The zero-order valence-electron chi connectivity index (χ0n) is 8.64. The normalized spacial score (nSPS) is 13.1. The molecule has 0 radical (unpaired) electrons. The maximum Gasteiger partial charge on any atom is 0.328 e. The molecule has 0 spiro atoms. The van der Waals surface area contributed by atoms with Crippen molar-refractivity contribution in [2.24, 2.45) is 0 Å². The van der Waals surface area contributed by atoms with Crippen molar-refractivity contribution in [3.05, 3.63) is 41.5 Å². The van der Waals surface area contributed by atoms with Gasteiger partial charge in [0.05, 0.1) is 13.2 Å². The van der Waals surface area contributed by atoms with Gasteiger partial charge in [0.25, 0.3) is 0 Å². The summed E-state index contributed by atoms with van der Waals surface area (Å²) in [4.78, 5) is 10.2. The van der Waals surface area contributed by atoms with E-state index in [1.807, 2.05) is 31.2 Å². The zero-order valence-corrected chi connectivity index (χ0v) is 8.64. The molecule has 3 nitrogen and oxygen atoms in total. The number of benzene rings is 1. The van der Waals surface area contributed by atoms with Gasteiger partial charge in [0.15, 0.2) is 0 Å². The van der Waals surface area contributed by atoms with Crippen molar-refractivity contribution in [3.8, 4) is 0 Å². The largest absolute Gasteiger partial charge is 0.478 e. The van der Waals surface area contributed by atoms with Crippen LogP contribution in [0.3, 0.4) is 0 Å². The highest BCUT2D eigenvalue weighted by atomic mass is 16.6. The van der Waals surface area contributed by atoms with E-state index in [-0.39, 0.29) is 0 Å². The second kappa shape index (κ2) is 5.98. The van der Waals surface area contributed by atoms with Crippen LogP contribution >= 0.6 is 0 Å². The van der Waals surface area contributed by atoms with Gasteiger partial charge < -0.3 is 9.84 Å². The summed E-state index contributed by atoms with van der Waals surface area (Å²) in [6.07, 6.45) is 2.74. The fraction of sp³-hybridized carbons (Fsp3) is 0.250. The van der Waals surface area contributed by atoms with Crippen LogP contribution in [0.1, 0.15) is 11.1 Å². The average molecular weight is 206 g/mol. The topological polar surface area (TPSA) is 49.8 Å². The molecule has 1 fully saturated rings. The number of rotatable bonds is 2. The standard InChI is InChI=1S/C10H10O2.C2H4O/c1-8-4-2-3-5-9(8)6-7-10(11)12;1-2-3-1/h2-7H,1H3,(H,11,12);1-2H2. The summed E-state index contributed by atoms with van der Waals surface area (Å²) in [6, 6.07) is 7.64. The Morgan fingerprint density at radius 1 is 1.40 bits per heavy atom. The van der Waals surface area contributed by atoms with Gasteiger partial charge in [-0.3, -0.25) is 0 Å². The summed E-state index contributed by atoms with van der Waals surface area (Å²) in [6.45, 7) is 3.95. The van der Waals surface area contributed by atoms with Gasteiger partial charge in [0.1, 0.15) is 0 Å². The fourth-order valence-electron chi connectivity index (χ4n) is 0.935. The maximum absolute atomic E-state index is 10.2. The van der Waals surface area contributed by atoms with Crippen LogP contribution in [-0.4, -0.2) is 24.3 Å². The second-order valence-electron chi connectivity index (χ2n) is 3.14. The molecule has 0 saturated carbocycles. The van der Waals surface area contributed by atoms with E-state index in [4.69, 9.17) is 5.11 Å². The number of aliphatic carboxylic acids is 1. The van der Waals surface area contributed by atoms with Crippen LogP contribution in [0.2, 0.25) is 0 Å². The highest BCUT2D eigenvalue weighted by Crippen LogP contribution is 2.08. The number of carboxylic acid groups (broad SMARTS) is 1. The molecule has 1 saturated heterocycles. The van der Waals surface area contributed by atoms with Crippen molar-refractivity contribution < 1.29 is 14.6 Å². The first-order valence-corrected chi connectivity index (χ1v) is 4.74. The molecule has 0 unspecified atom stereocenters. The lowest BCUT2D eigenvalue weighted by atomic mass is 10.1. The molecule has 1 aromatic carbocycles. The van der Waals surface area contributed by atoms with Gasteiger partial charge in [-0.15, -0.1) is 0 Å². The third-order valence-electron chi connectivity index (χ3n) is 1.80. The number of ether oxygens (including phenoxy) is 1. The Kier molecular flexibility index (Phi) is 4.57. The van der Waals surface area contributed by atoms with E-state index in [0.717, 1.165) is 30.4 Å². The lowest BCUT2D eigenvalue weighted by Crippen LogP contribution is -1.86. The van der Waals surface area contributed by atoms with Gasteiger partial charge >= 0.3 is 5.97 Å². The van der Waals surface area contributed by atoms with E-state index in [2.05, 4.69) is 4.74 Å². The summed E-state index contributed by atoms with van der Waals surface area (Å²) >= 11 is 0. The van der Waals surface area contributed by atoms with Crippen molar-refractivity contribution in [2.45, 2.75) is 6.92 Å². The molecule has 1 N–H and O–H groups in total. The quantitative estimate of drug-likeness (QED) is 0.595. The van der Waals surface area contributed by atoms with Crippen molar-refractivity contribution >= 4 is 12.0 Å². The molecule has 0 bridgehead atoms. The van der Waals surface area contributed by atoms with E-state index in [1.54, 1.807) is 6.08 Å². The summed E-state index contributed by atoms with van der Waals surface area (Å²) in [5.41, 5.74) is 2.02. The van der Waals surface area contributed by atoms with Crippen LogP contribution in [0.5, 0.6) is 0 Å². The van der Waals surface area contributed by atoms with Gasteiger partial charge in [-0.25, -0.2) is 4.79 Å². The van der Waals surface area contributed by atoms with Crippen LogP contribution in [0.4, 0.5) is 0 Å². The van der Waals surface area contributed by atoms with Crippen LogP contribution in [0, 0.1) is 6.92 Å². The van der Waals surface area contributed by atoms with E-state index in [9.17, 15) is 4.79 Å². The van der Waals surface area contributed by atoms with Crippen LogP contribution in [0.15, 0.2) is 30.3 Å². The number of carbonyl (C=O) groups is 1. The van der Waals surface area contributed by atoms with Crippen LogP contribution in [0.25, 0.3) is 6.08 Å². The van der Waals surface area contributed by atoms with E-state index in [1.165, 1.54) is 0 Å². The van der Waals surface area contributed by atoms with Crippen LogP contribution in [-0.2, 0) is 9.53 Å². The van der Waals surface area contributed by atoms with Crippen molar-refractivity contribution in [2.75, 3.05) is 13.2 Å². The van der Waals surface area contributed by atoms with Crippen LogP contribution < -0.4 is 0 Å². The van der Waals surface area contributed by atoms with Gasteiger partial charge in [-0.05, 0) is 24.1 Å². The molecular weight excluding hydrogens is 192 g/mol. The zero-order chi connectivity index (χ0) is 11.1. The van der Waals surface area contributed by atoms with E-state index < -0.39 is 5.97 Å². The van der Waals surface area contributed by atoms with Crippen molar-refractivity contribution in [1.29, 1.82) is 0 Å². The Morgan fingerprint density at radius 2 is 2.00 bits per heavy atom. The Labute approximate surface area is 89.0 Å². The first-order valence-electron chi connectivity index (χ1n) is 4.74. The third-order valence-corrected chi connectivity index (χ3v) is 1.80. The summed E-state index contributed by atoms with van der Waals surface area (Å²) < 4.78 is 4.50. The summed E-state index contributed by atoms with van der Waals surface area (Å²) in [7, 11) is 0. The molecule has 2 rings (SSSR count). The smallest absolute Gasteiger partial charge is 0.328 e. The molecule has 0 amide bonds. The Morgan fingerprint density at radius 3 is 2.47 bits per heavy atom. The predicted octanol–water partition coefficient (Wildman–Crippen LogP) is 2.11. The molecule has 1 aromatic rings. The lowest BCUT2D eigenvalue weighted by Gasteiger charge is -1.96. The minimum absolute atomic E-state index is 0.918. The number of hydrogen-bond donors (Lipinski definition) is 1. The summed E-state index contributed by atoms with van der Waals surface area (Å²) in [5, 5.41) is 8.38. The molecule has 3 heteroatoms. The van der Waals surface area contributed by atoms with Gasteiger partial charge in [0, 0.05) is 6.08 Å². The highest BCUT2D eigenvalue weighted by Gasteiger charge is 1.94. The molecule has 15 heavy (non-hydrogen) atoms. The molecule has 1 heterocycles. The first-order chi connectivity index (χ1) is 7.20. The Bertz CT molecular complexity index is 351. The van der Waals surface area contributed by atoms with E-state index in [0.29, 0.717) is 0 Å². The number of aryl methyl sites for hydroxylation is 1. The predicted molar refractivity (Wildman–Crippen MR) is 58.7 cm³/mol. The summed E-state index contributed by atoms with van der Waals surface area (Å²) in [5.74, 6) is -0.918. The molecule has 1 aliphatic heterocycles. The SMILES string of the molecule is C1CO1.Cc1ccccc1C=CC(=O)O. The van der Waals surface area contributed by atoms with Crippen molar-refractivity contribution in [1.82, 2.24) is 0 Å². The van der Waals surface area contributed by atoms with Gasteiger partial charge in [-0.1, -0.05) is 24.3 Å². The number of carboxylic acids is 1. The fourth-order valence-corrected chi connectivity index (χ4v) is 0.935. The molecule has 1 aliphatic rings. The van der Waals surface area contributed by atoms with Crippen molar-refractivity contribution in [3.63, 3.8) is 0 Å². The Balaban J connectivity index is 0.000000319. The minimum Gasteiger partial charge on any atom is -0.478 e. The Hall–Kier alpha value is -1.61.